The molecule has 0 aliphatic rings. The van der Waals surface area contributed by atoms with E-state index in [2.05, 4.69) is 37.0 Å². The number of aromatic nitrogens is 2. The van der Waals surface area contributed by atoms with Crippen LogP contribution < -0.4 is 0 Å². The van der Waals surface area contributed by atoms with E-state index < -0.39 is 0 Å². The van der Waals surface area contributed by atoms with Crippen LogP contribution in [-0.2, 0) is 6.61 Å². The van der Waals surface area contributed by atoms with Crippen molar-refractivity contribution in [1.29, 1.82) is 0 Å². The fourth-order valence-corrected chi connectivity index (χ4v) is 2.23. The maximum absolute atomic E-state index is 9.34. The summed E-state index contributed by atoms with van der Waals surface area (Å²) in [6.07, 6.45) is 3.95. The summed E-state index contributed by atoms with van der Waals surface area (Å²) in [5.74, 6) is 0. The summed E-state index contributed by atoms with van der Waals surface area (Å²) in [5.41, 5.74) is 6.25. The number of hydrogen-bond donors (Lipinski definition) is 1. The van der Waals surface area contributed by atoms with E-state index in [-0.39, 0.29) is 6.61 Å². The summed E-state index contributed by atoms with van der Waals surface area (Å²) in [6.45, 7) is 4.22. The van der Waals surface area contributed by atoms with Gasteiger partial charge in [0, 0.05) is 23.5 Å². The number of aryl methyl sites for hydroxylation is 2. The maximum Gasteiger partial charge on any atom is 0.142 e. The first-order chi connectivity index (χ1) is 9.19. The van der Waals surface area contributed by atoms with E-state index in [1.165, 1.54) is 11.1 Å². The van der Waals surface area contributed by atoms with Crippen LogP contribution in [0, 0.1) is 13.8 Å². The van der Waals surface area contributed by atoms with E-state index >= 15 is 0 Å². The molecule has 2 heterocycles. The van der Waals surface area contributed by atoms with Gasteiger partial charge in [0.1, 0.15) is 5.65 Å². The van der Waals surface area contributed by atoms with Crippen LogP contribution >= 0.6 is 0 Å². The lowest BCUT2D eigenvalue weighted by Gasteiger charge is -2.01. The minimum Gasteiger partial charge on any atom is -0.392 e. The molecule has 1 aromatic carbocycles. The molecule has 0 unspecified atom stereocenters. The van der Waals surface area contributed by atoms with Gasteiger partial charge in [-0.3, -0.25) is 0 Å². The molecular formula is C16H16N2O. The van der Waals surface area contributed by atoms with Gasteiger partial charge in [0.15, 0.2) is 0 Å². The van der Waals surface area contributed by atoms with Crippen molar-refractivity contribution in [2.75, 3.05) is 0 Å². The zero-order valence-corrected chi connectivity index (χ0v) is 11.1. The number of rotatable bonds is 2. The van der Waals surface area contributed by atoms with Crippen LogP contribution in [0.3, 0.4) is 0 Å². The fourth-order valence-electron chi connectivity index (χ4n) is 2.23. The van der Waals surface area contributed by atoms with Gasteiger partial charge < -0.3 is 9.51 Å². The number of aliphatic hydroxyl groups is 1. The van der Waals surface area contributed by atoms with E-state index in [1.807, 2.05) is 28.9 Å². The summed E-state index contributed by atoms with van der Waals surface area (Å²) in [6, 6.07) is 10.2. The molecule has 0 bridgehead atoms. The number of pyridine rings is 1. The second kappa shape index (κ2) is 4.52. The average Bonchev–Trinajstić information content (AvgIpc) is 2.85. The Morgan fingerprint density at radius 3 is 2.74 bits per heavy atom. The SMILES string of the molecule is Cc1ccc(-c2cn3cccc(CO)c3n2)cc1C. The predicted octanol–water partition coefficient (Wildman–Crippen LogP) is 3.11. The van der Waals surface area contributed by atoms with Crippen molar-refractivity contribution in [3.63, 3.8) is 0 Å². The number of aliphatic hydroxyl groups excluding tert-OH is 1. The van der Waals surface area contributed by atoms with Crippen molar-refractivity contribution in [3.8, 4) is 11.3 Å². The lowest BCUT2D eigenvalue weighted by atomic mass is 10.1. The minimum atomic E-state index is 0.00766. The molecule has 2 aromatic heterocycles. The number of nitrogens with zero attached hydrogens (tertiary/aromatic N) is 2. The minimum absolute atomic E-state index is 0.00766. The van der Waals surface area contributed by atoms with Gasteiger partial charge in [-0.25, -0.2) is 4.98 Å². The molecule has 3 rings (SSSR count). The molecule has 96 valence electrons. The molecule has 0 spiro atoms. The molecule has 1 N–H and O–H groups in total. The van der Waals surface area contributed by atoms with Crippen molar-refractivity contribution in [3.05, 3.63) is 59.4 Å². The highest BCUT2D eigenvalue weighted by Crippen LogP contribution is 2.23. The van der Waals surface area contributed by atoms with Gasteiger partial charge >= 0.3 is 0 Å². The van der Waals surface area contributed by atoms with Crippen LogP contribution in [0.15, 0.2) is 42.7 Å². The second-order valence-corrected chi connectivity index (χ2v) is 4.85. The molecular weight excluding hydrogens is 236 g/mol. The number of imidazole rings is 1. The third-order valence-corrected chi connectivity index (χ3v) is 3.54. The Balaban J connectivity index is 2.17. The zero-order valence-electron chi connectivity index (χ0n) is 11.1. The van der Waals surface area contributed by atoms with Gasteiger partial charge in [-0.05, 0) is 37.1 Å². The summed E-state index contributed by atoms with van der Waals surface area (Å²) >= 11 is 0. The summed E-state index contributed by atoms with van der Waals surface area (Å²) < 4.78 is 1.95. The van der Waals surface area contributed by atoms with Crippen molar-refractivity contribution in [1.82, 2.24) is 9.38 Å². The molecule has 0 fully saturated rings. The Bertz CT molecular complexity index is 744. The van der Waals surface area contributed by atoms with E-state index in [9.17, 15) is 5.11 Å². The molecule has 0 atom stereocenters. The number of hydrogen-bond acceptors (Lipinski definition) is 2. The molecule has 0 saturated heterocycles. The molecule has 19 heavy (non-hydrogen) atoms. The third kappa shape index (κ3) is 2.02. The first-order valence-corrected chi connectivity index (χ1v) is 6.34. The van der Waals surface area contributed by atoms with Gasteiger partial charge in [0.2, 0.25) is 0 Å². The van der Waals surface area contributed by atoms with Crippen LogP contribution in [-0.4, -0.2) is 14.5 Å². The van der Waals surface area contributed by atoms with E-state index in [0.717, 1.165) is 22.5 Å². The second-order valence-electron chi connectivity index (χ2n) is 4.85. The van der Waals surface area contributed by atoms with Crippen molar-refractivity contribution in [2.45, 2.75) is 20.5 Å². The Labute approximate surface area is 112 Å². The quantitative estimate of drug-likeness (QED) is 0.761. The lowest BCUT2D eigenvalue weighted by molar-refractivity contribution is 0.282. The Morgan fingerprint density at radius 2 is 2.00 bits per heavy atom. The molecule has 3 heteroatoms. The van der Waals surface area contributed by atoms with Crippen molar-refractivity contribution >= 4 is 5.65 Å². The molecule has 0 amide bonds. The molecule has 3 aromatic rings. The predicted molar refractivity (Wildman–Crippen MR) is 76.0 cm³/mol. The van der Waals surface area contributed by atoms with Crippen molar-refractivity contribution in [2.24, 2.45) is 0 Å². The van der Waals surface area contributed by atoms with Crippen molar-refractivity contribution < 1.29 is 5.11 Å². The maximum atomic E-state index is 9.34. The molecule has 0 radical (unpaired) electrons. The highest BCUT2D eigenvalue weighted by atomic mass is 16.3. The Morgan fingerprint density at radius 1 is 1.16 bits per heavy atom. The van der Waals surface area contributed by atoms with Crippen LogP contribution in [0.5, 0.6) is 0 Å². The van der Waals surface area contributed by atoms with Gasteiger partial charge in [-0.1, -0.05) is 18.2 Å². The van der Waals surface area contributed by atoms with Crippen LogP contribution in [0.25, 0.3) is 16.9 Å². The number of fused-ring (bicyclic) bond motifs is 1. The summed E-state index contributed by atoms with van der Waals surface area (Å²) in [7, 11) is 0. The number of benzene rings is 1. The van der Waals surface area contributed by atoms with Crippen LogP contribution in [0.2, 0.25) is 0 Å². The molecule has 0 aliphatic heterocycles. The third-order valence-electron chi connectivity index (χ3n) is 3.54. The van der Waals surface area contributed by atoms with E-state index in [4.69, 9.17) is 0 Å². The van der Waals surface area contributed by atoms with E-state index in [1.54, 1.807) is 0 Å². The van der Waals surface area contributed by atoms with Gasteiger partial charge in [-0.2, -0.15) is 0 Å². The Kier molecular flexibility index (Phi) is 2.84. The molecule has 3 nitrogen and oxygen atoms in total. The van der Waals surface area contributed by atoms with E-state index in [0.29, 0.717) is 0 Å². The first-order valence-electron chi connectivity index (χ1n) is 6.34. The topological polar surface area (TPSA) is 37.5 Å². The van der Waals surface area contributed by atoms with Gasteiger partial charge in [0.25, 0.3) is 0 Å². The standard InChI is InChI=1S/C16H16N2O/c1-11-5-6-13(8-12(11)2)15-9-18-7-3-4-14(10-19)16(18)17-15/h3-9,19H,10H2,1-2H3. The van der Waals surface area contributed by atoms with Gasteiger partial charge in [-0.15, -0.1) is 0 Å². The molecule has 0 aliphatic carbocycles. The highest BCUT2D eigenvalue weighted by Gasteiger charge is 2.08. The van der Waals surface area contributed by atoms with Crippen LogP contribution in [0.4, 0.5) is 0 Å². The lowest BCUT2D eigenvalue weighted by Crippen LogP contribution is -1.90. The van der Waals surface area contributed by atoms with Gasteiger partial charge in [0.05, 0.1) is 12.3 Å². The fraction of sp³-hybridized carbons (Fsp3) is 0.188. The summed E-state index contributed by atoms with van der Waals surface area (Å²) in [5, 5.41) is 9.34. The van der Waals surface area contributed by atoms with Crippen LogP contribution in [0.1, 0.15) is 16.7 Å². The monoisotopic (exact) mass is 252 g/mol. The molecule has 0 saturated carbocycles. The largest absolute Gasteiger partial charge is 0.392 e. The smallest absolute Gasteiger partial charge is 0.142 e. The zero-order chi connectivity index (χ0) is 13.4. The average molecular weight is 252 g/mol. The Hall–Kier alpha value is -2.13. The highest BCUT2D eigenvalue weighted by molar-refractivity contribution is 5.65. The summed E-state index contributed by atoms with van der Waals surface area (Å²) in [4.78, 5) is 4.63. The first kappa shape index (κ1) is 11.9. The normalized spacial score (nSPS) is 11.1.